The summed E-state index contributed by atoms with van der Waals surface area (Å²) in [4.78, 5) is 23.0. The fourth-order valence-electron chi connectivity index (χ4n) is 3.42. The van der Waals surface area contributed by atoms with Gasteiger partial charge in [0, 0.05) is 29.8 Å². The second kappa shape index (κ2) is 6.24. The van der Waals surface area contributed by atoms with Crippen LogP contribution < -0.4 is 15.0 Å². The van der Waals surface area contributed by atoms with Crippen LogP contribution >= 0.6 is 0 Å². The van der Waals surface area contributed by atoms with Crippen molar-refractivity contribution < 1.29 is 14.3 Å². The summed E-state index contributed by atoms with van der Waals surface area (Å²) in [7, 11) is 1.58. The highest BCUT2D eigenvalue weighted by Crippen LogP contribution is 2.35. The number of carbonyl (C=O) groups excluding carboxylic acids is 1. The summed E-state index contributed by atoms with van der Waals surface area (Å²) in [5.41, 5.74) is 2.38. The van der Waals surface area contributed by atoms with Crippen LogP contribution in [0, 0.1) is 5.92 Å². The standard InChI is InChI=1S/C17H20N4O3/c1-23-14-3-2-13-15-12(8-19-16(13)20-14)10-24-17(22)21(15)9-11-4-6-18-7-5-11/h2-3,8,11,18H,4-7,9-10H2,1H3. The largest absolute Gasteiger partial charge is 0.481 e. The van der Waals surface area contributed by atoms with Crippen molar-refractivity contribution in [2.75, 3.05) is 31.6 Å². The van der Waals surface area contributed by atoms with Crippen LogP contribution in [0.15, 0.2) is 18.3 Å². The lowest BCUT2D eigenvalue weighted by atomic mass is 9.96. The van der Waals surface area contributed by atoms with Gasteiger partial charge in [0.1, 0.15) is 6.61 Å². The second-order valence-corrected chi connectivity index (χ2v) is 6.22. The van der Waals surface area contributed by atoms with Crippen molar-refractivity contribution in [3.8, 4) is 5.88 Å². The minimum absolute atomic E-state index is 0.256. The maximum atomic E-state index is 12.4. The first-order valence-corrected chi connectivity index (χ1v) is 8.24. The van der Waals surface area contributed by atoms with Gasteiger partial charge in [-0.2, -0.15) is 4.98 Å². The van der Waals surface area contributed by atoms with Gasteiger partial charge in [0.25, 0.3) is 0 Å². The molecule has 0 unspecified atom stereocenters. The lowest BCUT2D eigenvalue weighted by Gasteiger charge is -2.33. The Morgan fingerprint density at radius 2 is 2.21 bits per heavy atom. The molecule has 1 N–H and O–H groups in total. The van der Waals surface area contributed by atoms with Crippen LogP contribution in [0.25, 0.3) is 11.0 Å². The fraction of sp³-hybridized carbons (Fsp3) is 0.471. The van der Waals surface area contributed by atoms with Crippen molar-refractivity contribution in [3.63, 3.8) is 0 Å². The highest BCUT2D eigenvalue weighted by Gasteiger charge is 2.31. The summed E-state index contributed by atoms with van der Waals surface area (Å²) in [6.07, 6.45) is 3.58. The fourth-order valence-corrected chi connectivity index (χ4v) is 3.42. The van der Waals surface area contributed by atoms with E-state index in [-0.39, 0.29) is 12.7 Å². The molecule has 24 heavy (non-hydrogen) atoms. The number of carbonyl (C=O) groups is 1. The number of rotatable bonds is 3. The van der Waals surface area contributed by atoms with E-state index in [2.05, 4.69) is 15.3 Å². The van der Waals surface area contributed by atoms with E-state index < -0.39 is 0 Å². The van der Waals surface area contributed by atoms with Crippen molar-refractivity contribution in [3.05, 3.63) is 23.9 Å². The summed E-state index contributed by atoms with van der Waals surface area (Å²) < 4.78 is 10.5. The SMILES string of the molecule is COc1ccc2c3c(cnc2n1)COC(=O)N3CC1CCNCC1. The zero-order valence-electron chi connectivity index (χ0n) is 13.6. The van der Waals surface area contributed by atoms with Gasteiger partial charge in [-0.05, 0) is 37.9 Å². The molecule has 7 heteroatoms. The third-order valence-electron chi connectivity index (χ3n) is 4.70. The predicted octanol–water partition coefficient (Wildman–Crippen LogP) is 2.09. The summed E-state index contributed by atoms with van der Waals surface area (Å²) in [5.74, 6) is 0.984. The first-order chi connectivity index (χ1) is 11.8. The van der Waals surface area contributed by atoms with Crippen LogP contribution in [-0.4, -0.2) is 42.8 Å². The van der Waals surface area contributed by atoms with Crippen LogP contribution in [-0.2, 0) is 11.3 Å². The second-order valence-electron chi connectivity index (χ2n) is 6.22. The third-order valence-corrected chi connectivity index (χ3v) is 4.70. The minimum Gasteiger partial charge on any atom is -0.481 e. The maximum absolute atomic E-state index is 12.4. The number of aromatic nitrogens is 2. The molecule has 1 amide bonds. The van der Waals surface area contributed by atoms with Gasteiger partial charge in [-0.25, -0.2) is 9.78 Å². The van der Waals surface area contributed by atoms with Crippen LogP contribution in [0.1, 0.15) is 18.4 Å². The summed E-state index contributed by atoms with van der Waals surface area (Å²) in [6, 6.07) is 3.72. The molecule has 2 aromatic rings. The maximum Gasteiger partial charge on any atom is 0.414 e. The molecule has 2 aromatic heterocycles. The van der Waals surface area contributed by atoms with Crippen LogP contribution in [0.3, 0.4) is 0 Å². The van der Waals surface area contributed by atoms with E-state index in [1.807, 2.05) is 6.07 Å². The quantitative estimate of drug-likeness (QED) is 0.930. The van der Waals surface area contributed by atoms with Crippen LogP contribution in [0.5, 0.6) is 5.88 Å². The molecule has 7 nitrogen and oxygen atoms in total. The number of nitrogens with zero attached hydrogens (tertiary/aromatic N) is 3. The molecule has 4 rings (SSSR count). The number of ether oxygens (including phenoxy) is 2. The number of pyridine rings is 2. The molecule has 4 heterocycles. The average Bonchev–Trinajstić information content (AvgIpc) is 2.64. The highest BCUT2D eigenvalue weighted by atomic mass is 16.6. The van der Waals surface area contributed by atoms with E-state index in [4.69, 9.17) is 9.47 Å². The highest BCUT2D eigenvalue weighted by molar-refractivity contribution is 6.01. The number of piperidine rings is 1. The van der Waals surface area contributed by atoms with E-state index >= 15 is 0 Å². The van der Waals surface area contributed by atoms with Gasteiger partial charge in [0.05, 0.1) is 12.8 Å². The first kappa shape index (κ1) is 15.1. The Labute approximate surface area is 140 Å². The van der Waals surface area contributed by atoms with Gasteiger partial charge in [0.15, 0.2) is 5.65 Å². The molecule has 0 atom stereocenters. The molecule has 2 aliphatic heterocycles. The van der Waals surface area contributed by atoms with Gasteiger partial charge in [-0.1, -0.05) is 0 Å². The normalized spacial score (nSPS) is 18.4. The van der Waals surface area contributed by atoms with Gasteiger partial charge in [0.2, 0.25) is 5.88 Å². The Morgan fingerprint density at radius 3 is 3.00 bits per heavy atom. The van der Waals surface area contributed by atoms with E-state index in [0.29, 0.717) is 24.0 Å². The number of hydrogen-bond donors (Lipinski definition) is 1. The Kier molecular flexibility index (Phi) is 3.93. The molecule has 0 aliphatic carbocycles. The predicted molar refractivity (Wildman–Crippen MR) is 89.2 cm³/mol. The Hall–Kier alpha value is -2.41. The monoisotopic (exact) mass is 328 g/mol. The Balaban J connectivity index is 1.76. The van der Waals surface area contributed by atoms with Gasteiger partial charge < -0.3 is 14.8 Å². The van der Waals surface area contributed by atoms with Gasteiger partial charge >= 0.3 is 6.09 Å². The van der Waals surface area contributed by atoms with E-state index in [0.717, 1.165) is 42.6 Å². The van der Waals surface area contributed by atoms with E-state index in [1.165, 1.54) is 0 Å². The molecule has 0 radical (unpaired) electrons. The molecule has 126 valence electrons. The molecule has 1 saturated heterocycles. The number of amides is 1. The van der Waals surface area contributed by atoms with Gasteiger partial charge in [-0.3, -0.25) is 4.90 Å². The summed E-state index contributed by atoms with van der Waals surface area (Å²) in [5, 5.41) is 4.22. The van der Waals surface area contributed by atoms with Crippen molar-refractivity contribution >= 4 is 22.8 Å². The first-order valence-electron chi connectivity index (χ1n) is 8.24. The molecular weight excluding hydrogens is 308 g/mol. The molecule has 0 spiro atoms. The summed E-state index contributed by atoms with van der Waals surface area (Å²) in [6.45, 7) is 2.91. The lowest BCUT2D eigenvalue weighted by molar-refractivity contribution is 0.140. The van der Waals surface area contributed by atoms with Gasteiger partial charge in [-0.15, -0.1) is 0 Å². The van der Waals surface area contributed by atoms with Crippen molar-refractivity contribution in [1.29, 1.82) is 0 Å². The molecule has 0 bridgehead atoms. The molecule has 0 saturated carbocycles. The van der Waals surface area contributed by atoms with Crippen molar-refractivity contribution in [2.24, 2.45) is 5.92 Å². The minimum atomic E-state index is -0.288. The molecular formula is C17H20N4O3. The smallest absolute Gasteiger partial charge is 0.414 e. The molecule has 1 fully saturated rings. The van der Waals surface area contributed by atoms with Crippen LogP contribution in [0.2, 0.25) is 0 Å². The molecule has 0 aromatic carbocycles. The van der Waals surface area contributed by atoms with Crippen molar-refractivity contribution in [1.82, 2.24) is 15.3 Å². The van der Waals surface area contributed by atoms with Crippen molar-refractivity contribution in [2.45, 2.75) is 19.4 Å². The summed E-state index contributed by atoms with van der Waals surface area (Å²) >= 11 is 0. The van der Waals surface area contributed by atoms with E-state index in [1.54, 1.807) is 24.3 Å². The number of methoxy groups -OCH3 is 1. The van der Waals surface area contributed by atoms with Crippen LogP contribution in [0.4, 0.5) is 10.5 Å². The lowest BCUT2D eigenvalue weighted by Crippen LogP contribution is -2.42. The Morgan fingerprint density at radius 1 is 1.38 bits per heavy atom. The zero-order chi connectivity index (χ0) is 16.5. The number of anilines is 1. The number of fused-ring (bicyclic) bond motifs is 3. The topological polar surface area (TPSA) is 76.6 Å². The van der Waals surface area contributed by atoms with E-state index in [9.17, 15) is 4.79 Å². The number of nitrogens with one attached hydrogen (secondary N) is 1. The third kappa shape index (κ3) is 2.65. The zero-order valence-corrected chi connectivity index (χ0v) is 13.6. The molecule has 2 aliphatic rings. The average molecular weight is 328 g/mol. The Bertz CT molecular complexity index is 774. The number of cyclic esters (lactones) is 1. The number of hydrogen-bond acceptors (Lipinski definition) is 6.